The molecule has 0 radical (unpaired) electrons. The van der Waals surface area contributed by atoms with Crippen LogP contribution in [-0.2, 0) is 10.8 Å². The van der Waals surface area contributed by atoms with E-state index in [9.17, 15) is 0 Å². The summed E-state index contributed by atoms with van der Waals surface area (Å²) in [6.07, 6.45) is 0. The molecule has 160 valence electrons. The molecule has 0 saturated carbocycles. The minimum Gasteiger partial charge on any atom is -0.0620 e. The first-order valence-corrected chi connectivity index (χ1v) is 11.6. The number of fused-ring (bicyclic) bond motifs is 2. The summed E-state index contributed by atoms with van der Waals surface area (Å²) in [5, 5.41) is 0. The lowest BCUT2D eigenvalue weighted by Crippen LogP contribution is -2.36. The van der Waals surface area contributed by atoms with E-state index in [1.165, 1.54) is 55.6 Å². The van der Waals surface area contributed by atoms with Crippen LogP contribution in [0.2, 0.25) is 0 Å². The Kier molecular flexibility index (Phi) is 4.67. The van der Waals surface area contributed by atoms with E-state index in [1.807, 2.05) is 0 Å². The van der Waals surface area contributed by atoms with Crippen molar-refractivity contribution in [2.75, 3.05) is 0 Å². The van der Waals surface area contributed by atoms with E-state index in [4.69, 9.17) is 0 Å². The van der Waals surface area contributed by atoms with Gasteiger partial charge in [-0.05, 0) is 81.6 Å². The summed E-state index contributed by atoms with van der Waals surface area (Å²) in [4.78, 5) is 0. The molecule has 0 heteroatoms. The van der Waals surface area contributed by atoms with Crippen LogP contribution < -0.4 is 0 Å². The van der Waals surface area contributed by atoms with Crippen LogP contribution in [0.1, 0.15) is 61.1 Å². The third kappa shape index (κ3) is 3.05. The van der Waals surface area contributed by atoms with Crippen LogP contribution in [-0.4, -0.2) is 0 Å². The average molecular weight is 417 g/mol. The lowest BCUT2D eigenvalue weighted by atomic mass is 9.59. The smallest absolute Gasteiger partial charge is 0.0152 e. The Labute approximate surface area is 193 Å². The molecule has 0 aliphatic heterocycles. The standard InChI is InChI=1S/C32H32/c1-21-11-7-9-13-25(21)23-15-17-27-29(19-23)31(3,4)28-18-16-24(20-30(28)32(27,5)6)26-14-10-8-12-22(26)2/h7-20H,1-6H3. The summed E-state index contributed by atoms with van der Waals surface area (Å²) in [5.41, 5.74) is 13.6. The molecule has 0 fully saturated rings. The van der Waals surface area contributed by atoms with E-state index in [0.717, 1.165) is 0 Å². The van der Waals surface area contributed by atoms with Crippen molar-refractivity contribution in [2.45, 2.75) is 52.4 Å². The summed E-state index contributed by atoms with van der Waals surface area (Å²) in [7, 11) is 0. The molecule has 0 spiro atoms. The van der Waals surface area contributed by atoms with E-state index in [0.29, 0.717) is 0 Å². The number of benzene rings is 4. The van der Waals surface area contributed by atoms with E-state index in [-0.39, 0.29) is 10.8 Å². The Balaban J connectivity index is 1.71. The first-order valence-electron chi connectivity index (χ1n) is 11.6. The van der Waals surface area contributed by atoms with Crippen LogP contribution in [0.25, 0.3) is 22.3 Å². The van der Waals surface area contributed by atoms with Crippen molar-refractivity contribution in [2.24, 2.45) is 0 Å². The highest BCUT2D eigenvalue weighted by molar-refractivity contribution is 5.74. The van der Waals surface area contributed by atoms with Crippen LogP contribution >= 0.6 is 0 Å². The molecule has 0 aromatic heterocycles. The van der Waals surface area contributed by atoms with E-state index in [2.05, 4.69) is 126 Å². The summed E-state index contributed by atoms with van der Waals surface area (Å²) in [6.45, 7) is 13.9. The van der Waals surface area contributed by atoms with E-state index >= 15 is 0 Å². The Morgan fingerprint density at radius 1 is 0.438 bits per heavy atom. The zero-order valence-corrected chi connectivity index (χ0v) is 20.1. The Morgan fingerprint density at radius 2 is 0.812 bits per heavy atom. The minimum absolute atomic E-state index is 0.0524. The zero-order valence-electron chi connectivity index (χ0n) is 20.1. The van der Waals surface area contributed by atoms with Gasteiger partial charge in [-0.25, -0.2) is 0 Å². The lowest BCUT2D eigenvalue weighted by molar-refractivity contribution is 0.521. The van der Waals surface area contributed by atoms with Crippen molar-refractivity contribution in [3.63, 3.8) is 0 Å². The van der Waals surface area contributed by atoms with Crippen molar-refractivity contribution in [1.29, 1.82) is 0 Å². The molecular formula is C32H32. The molecule has 1 aliphatic carbocycles. The zero-order chi connectivity index (χ0) is 22.7. The highest BCUT2D eigenvalue weighted by atomic mass is 14.4. The molecular weight excluding hydrogens is 384 g/mol. The van der Waals surface area contributed by atoms with Gasteiger partial charge in [0.25, 0.3) is 0 Å². The first-order chi connectivity index (χ1) is 15.2. The van der Waals surface area contributed by atoms with Gasteiger partial charge in [0.2, 0.25) is 0 Å². The second-order valence-electron chi connectivity index (χ2n) is 10.4. The van der Waals surface area contributed by atoms with Crippen LogP contribution in [0.15, 0.2) is 84.9 Å². The van der Waals surface area contributed by atoms with Gasteiger partial charge in [-0.1, -0.05) is 100 Å². The second kappa shape index (κ2) is 7.20. The maximum atomic E-state index is 2.44. The van der Waals surface area contributed by atoms with Gasteiger partial charge in [0.1, 0.15) is 0 Å². The van der Waals surface area contributed by atoms with Gasteiger partial charge in [0, 0.05) is 10.8 Å². The fraction of sp³-hybridized carbons (Fsp3) is 0.250. The van der Waals surface area contributed by atoms with Crippen LogP contribution in [0.3, 0.4) is 0 Å². The van der Waals surface area contributed by atoms with Crippen molar-refractivity contribution < 1.29 is 0 Å². The van der Waals surface area contributed by atoms with Gasteiger partial charge in [0.15, 0.2) is 0 Å². The molecule has 0 unspecified atom stereocenters. The Hall–Kier alpha value is -3.12. The number of rotatable bonds is 2. The molecule has 0 nitrogen and oxygen atoms in total. The van der Waals surface area contributed by atoms with Gasteiger partial charge >= 0.3 is 0 Å². The normalized spacial score (nSPS) is 15.7. The molecule has 0 heterocycles. The lowest BCUT2D eigenvalue weighted by Gasteiger charge is -2.44. The van der Waals surface area contributed by atoms with Crippen LogP contribution in [0.5, 0.6) is 0 Å². The van der Waals surface area contributed by atoms with Gasteiger partial charge < -0.3 is 0 Å². The quantitative estimate of drug-likeness (QED) is 0.307. The molecule has 4 aromatic carbocycles. The summed E-state index contributed by atoms with van der Waals surface area (Å²) in [5.74, 6) is 0. The number of hydrogen-bond acceptors (Lipinski definition) is 0. The number of hydrogen-bond donors (Lipinski definition) is 0. The Bertz CT molecular complexity index is 1230. The third-order valence-electron chi connectivity index (χ3n) is 7.64. The maximum absolute atomic E-state index is 2.44. The topological polar surface area (TPSA) is 0 Å². The molecule has 0 bridgehead atoms. The van der Waals surface area contributed by atoms with Crippen LogP contribution in [0, 0.1) is 13.8 Å². The Morgan fingerprint density at radius 3 is 1.19 bits per heavy atom. The predicted octanol–water partition coefficient (Wildman–Crippen LogP) is 8.60. The summed E-state index contributed by atoms with van der Waals surface area (Å²) < 4.78 is 0. The SMILES string of the molecule is Cc1ccccc1-c1ccc2c(c1)C(C)(C)c1ccc(-c3ccccc3C)cc1C2(C)C. The average Bonchev–Trinajstić information content (AvgIpc) is 2.78. The van der Waals surface area contributed by atoms with Gasteiger partial charge in [-0.3, -0.25) is 0 Å². The van der Waals surface area contributed by atoms with Gasteiger partial charge in [-0.15, -0.1) is 0 Å². The molecule has 5 rings (SSSR count). The molecule has 0 saturated heterocycles. The minimum atomic E-state index is -0.0524. The highest BCUT2D eigenvalue weighted by Gasteiger charge is 2.41. The monoisotopic (exact) mass is 416 g/mol. The molecule has 1 aliphatic rings. The van der Waals surface area contributed by atoms with Crippen molar-refractivity contribution in [3.05, 3.63) is 118 Å². The molecule has 0 N–H and O–H groups in total. The second-order valence-corrected chi connectivity index (χ2v) is 10.4. The predicted molar refractivity (Wildman–Crippen MR) is 137 cm³/mol. The largest absolute Gasteiger partial charge is 0.0620 e. The van der Waals surface area contributed by atoms with Gasteiger partial charge in [-0.2, -0.15) is 0 Å². The first kappa shape index (κ1) is 20.8. The maximum Gasteiger partial charge on any atom is 0.0152 e. The highest BCUT2D eigenvalue weighted by Crippen LogP contribution is 2.51. The molecule has 0 atom stereocenters. The van der Waals surface area contributed by atoms with Crippen LogP contribution in [0.4, 0.5) is 0 Å². The third-order valence-corrected chi connectivity index (χ3v) is 7.64. The van der Waals surface area contributed by atoms with Crippen molar-refractivity contribution in [1.82, 2.24) is 0 Å². The molecule has 0 amide bonds. The number of aryl methyl sites for hydroxylation is 2. The summed E-state index contributed by atoms with van der Waals surface area (Å²) >= 11 is 0. The van der Waals surface area contributed by atoms with Crippen molar-refractivity contribution in [3.8, 4) is 22.3 Å². The van der Waals surface area contributed by atoms with E-state index in [1.54, 1.807) is 0 Å². The fourth-order valence-electron chi connectivity index (χ4n) is 5.63. The fourth-order valence-corrected chi connectivity index (χ4v) is 5.63. The summed E-state index contributed by atoms with van der Waals surface area (Å²) in [6, 6.07) is 31.7. The molecule has 4 aromatic rings. The van der Waals surface area contributed by atoms with E-state index < -0.39 is 0 Å². The van der Waals surface area contributed by atoms with Crippen molar-refractivity contribution >= 4 is 0 Å². The molecule has 32 heavy (non-hydrogen) atoms. The van der Waals surface area contributed by atoms with Gasteiger partial charge in [0.05, 0.1) is 0 Å².